The predicted octanol–water partition coefficient (Wildman–Crippen LogP) is 3.75. The molecule has 1 heterocycles. The minimum Gasteiger partial charge on any atom is -0.376 e. The van der Waals surface area contributed by atoms with Gasteiger partial charge in [-0.1, -0.05) is 18.2 Å². The minimum absolute atomic E-state index is 0.101. The fourth-order valence-electron chi connectivity index (χ4n) is 1.86. The highest BCUT2D eigenvalue weighted by molar-refractivity contribution is 5.81. The normalized spacial score (nSPS) is 11.8. The lowest BCUT2D eigenvalue weighted by Gasteiger charge is -2.11. The fraction of sp³-hybridized carbons (Fsp3) is 0.357. The zero-order valence-corrected chi connectivity index (χ0v) is 11.0. The molecule has 0 saturated heterocycles. The van der Waals surface area contributed by atoms with Crippen LogP contribution in [0.5, 0.6) is 0 Å². The lowest BCUT2D eigenvalue weighted by Crippen LogP contribution is -2.12. The Morgan fingerprint density at radius 1 is 1.25 bits per heavy atom. The number of nitrogens with zero attached hydrogens (tertiary/aromatic N) is 1. The first-order valence-electron chi connectivity index (χ1n) is 6.20. The second-order valence-electron chi connectivity index (χ2n) is 4.36. The first kappa shape index (κ1) is 14.6. The maximum Gasteiger partial charge on any atom is 0.391 e. The number of fused-ring (bicyclic) bond motifs is 1. The molecule has 6 heteroatoms. The van der Waals surface area contributed by atoms with E-state index in [-0.39, 0.29) is 13.2 Å². The number of halogens is 3. The van der Waals surface area contributed by atoms with Crippen LogP contribution in [0, 0.1) is 0 Å². The second kappa shape index (κ2) is 6.09. The Kier molecular flexibility index (Phi) is 4.44. The van der Waals surface area contributed by atoms with E-state index in [1.54, 1.807) is 7.05 Å². The number of pyridine rings is 1. The molecule has 0 bridgehead atoms. The molecular weight excluding hydrogens is 269 g/mol. The molecule has 0 atom stereocenters. The van der Waals surface area contributed by atoms with Gasteiger partial charge in [0.25, 0.3) is 0 Å². The summed E-state index contributed by atoms with van der Waals surface area (Å²) in [6.07, 6.45) is -5.13. The van der Waals surface area contributed by atoms with Crippen LogP contribution in [0.1, 0.15) is 12.0 Å². The van der Waals surface area contributed by atoms with E-state index in [4.69, 9.17) is 4.74 Å². The van der Waals surface area contributed by atoms with E-state index in [9.17, 15) is 13.2 Å². The first-order chi connectivity index (χ1) is 9.49. The fourth-order valence-corrected chi connectivity index (χ4v) is 1.86. The number of hydrogen-bond donors (Lipinski definition) is 1. The maximum absolute atomic E-state index is 12.0. The van der Waals surface area contributed by atoms with Gasteiger partial charge < -0.3 is 10.1 Å². The molecule has 2 rings (SSSR count). The van der Waals surface area contributed by atoms with E-state index in [2.05, 4.69) is 10.3 Å². The topological polar surface area (TPSA) is 34.2 Å². The third kappa shape index (κ3) is 3.84. The van der Waals surface area contributed by atoms with Crippen molar-refractivity contribution in [3.63, 3.8) is 0 Å². The van der Waals surface area contributed by atoms with E-state index >= 15 is 0 Å². The highest BCUT2D eigenvalue weighted by atomic mass is 19.4. The summed E-state index contributed by atoms with van der Waals surface area (Å²) >= 11 is 0. The largest absolute Gasteiger partial charge is 0.391 e. The molecule has 2 aromatic rings. The third-order valence-electron chi connectivity index (χ3n) is 2.83. The van der Waals surface area contributed by atoms with Crippen molar-refractivity contribution in [3.8, 4) is 0 Å². The van der Waals surface area contributed by atoms with Crippen molar-refractivity contribution in [2.75, 3.05) is 19.0 Å². The molecular formula is C14H15F3N2O. The molecule has 0 amide bonds. The van der Waals surface area contributed by atoms with Gasteiger partial charge in [-0.05, 0) is 12.1 Å². The van der Waals surface area contributed by atoms with Gasteiger partial charge in [0.1, 0.15) is 5.82 Å². The summed E-state index contributed by atoms with van der Waals surface area (Å²) in [4.78, 5) is 4.41. The van der Waals surface area contributed by atoms with Crippen LogP contribution >= 0.6 is 0 Å². The zero-order chi connectivity index (χ0) is 14.6. The number of nitrogens with one attached hydrogen (secondary N) is 1. The van der Waals surface area contributed by atoms with Gasteiger partial charge in [0, 0.05) is 18.0 Å². The first-order valence-corrected chi connectivity index (χ1v) is 6.20. The molecule has 1 N–H and O–H groups in total. The number of ether oxygens (including phenoxy) is 1. The third-order valence-corrected chi connectivity index (χ3v) is 2.83. The van der Waals surface area contributed by atoms with Gasteiger partial charge in [-0.3, -0.25) is 0 Å². The smallest absolute Gasteiger partial charge is 0.376 e. The number of hydrogen-bond acceptors (Lipinski definition) is 3. The second-order valence-corrected chi connectivity index (χ2v) is 4.36. The molecule has 20 heavy (non-hydrogen) atoms. The SMILES string of the molecule is CNc1nc2ccccc2cc1COCCC(F)(F)F. The van der Waals surface area contributed by atoms with Crippen molar-refractivity contribution < 1.29 is 17.9 Å². The van der Waals surface area contributed by atoms with Crippen molar-refractivity contribution in [2.45, 2.75) is 19.2 Å². The summed E-state index contributed by atoms with van der Waals surface area (Å²) < 4.78 is 41.2. The molecule has 0 aliphatic rings. The van der Waals surface area contributed by atoms with Gasteiger partial charge in [-0.15, -0.1) is 0 Å². The number of alkyl halides is 3. The molecule has 0 spiro atoms. The van der Waals surface area contributed by atoms with Crippen LogP contribution in [0.25, 0.3) is 10.9 Å². The van der Waals surface area contributed by atoms with Gasteiger partial charge in [-0.25, -0.2) is 4.98 Å². The Labute approximate surface area is 114 Å². The number of para-hydroxylation sites is 1. The Morgan fingerprint density at radius 2 is 2.00 bits per heavy atom. The lowest BCUT2D eigenvalue weighted by atomic mass is 10.1. The Bertz CT molecular complexity index is 584. The molecule has 1 aromatic heterocycles. The zero-order valence-electron chi connectivity index (χ0n) is 11.0. The molecule has 0 aliphatic carbocycles. The molecule has 0 saturated carbocycles. The van der Waals surface area contributed by atoms with Crippen molar-refractivity contribution in [1.82, 2.24) is 4.98 Å². The molecule has 0 aliphatic heterocycles. The summed E-state index contributed by atoms with van der Waals surface area (Å²) in [6, 6.07) is 9.43. The molecule has 1 aromatic carbocycles. The van der Waals surface area contributed by atoms with Crippen LogP contribution in [0.3, 0.4) is 0 Å². The molecule has 3 nitrogen and oxygen atoms in total. The average molecular weight is 284 g/mol. The predicted molar refractivity (Wildman–Crippen MR) is 71.6 cm³/mol. The standard InChI is InChI=1S/C14H15F3N2O/c1-18-13-11(9-20-7-6-14(15,16)17)8-10-4-2-3-5-12(10)19-13/h2-5,8H,6-7,9H2,1H3,(H,18,19). The van der Waals surface area contributed by atoms with Crippen LogP contribution in [-0.2, 0) is 11.3 Å². The highest BCUT2D eigenvalue weighted by Gasteiger charge is 2.26. The van der Waals surface area contributed by atoms with Crippen LogP contribution in [0.15, 0.2) is 30.3 Å². The van der Waals surface area contributed by atoms with Crippen molar-refractivity contribution in [2.24, 2.45) is 0 Å². The van der Waals surface area contributed by atoms with Crippen LogP contribution in [0.4, 0.5) is 19.0 Å². The quantitative estimate of drug-likeness (QED) is 0.849. The van der Waals surface area contributed by atoms with Gasteiger partial charge in [0.2, 0.25) is 0 Å². The van der Waals surface area contributed by atoms with Crippen LogP contribution in [0.2, 0.25) is 0 Å². The minimum atomic E-state index is -4.19. The summed E-state index contributed by atoms with van der Waals surface area (Å²) in [5, 5.41) is 3.86. The van der Waals surface area contributed by atoms with Gasteiger partial charge in [0.05, 0.1) is 25.2 Å². The van der Waals surface area contributed by atoms with Crippen molar-refractivity contribution in [3.05, 3.63) is 35.9 Å². The van der Waals surface area contributed by atoms with E-state index in [1.165, 1.54) is 0 Å². The van der Waals surface area contributed by atoms with E-state index in [1.807, 2.05) is 30.3 Å². The Hall–Kier alpha value is -1.82. The molecule has 0 unspecified atom stereocenters. The van der Waals surface area contributed by atoms with E-state index in [0.29, 0.717) is 5.82 Å². The van der Waals surface area contributed by atoms with Gasteiger partial charge >= 0.3 is 6.18 Å². The number of aromatic nitrogens is 1. The number of benzene rings is 1. The van der Waals surface area contributed by atoms with Crippen molar-refractivity contribution in [1.29, 1.82) is 0 Å². The Morgan fingerprint density at radius 3 is 2.70 bits per heavy atom. The number of anilines is 1. The maximum atomic E-state index is 12.0. The molecule has 0 fully saturated rings. The van der Waals surface area contributed by atoms with Crippen LogP contribution < -0.4 is 5.32 Å². The van der Waals surface area contributed by atoms with Gasteiger partial charge in [-0.2, -0.15) is 13.2 Å². The Balaban J connectivity index is 2.08. The summed E-state index contributed by atoms with van der Waals surface area (Å²) in [5.41, 5.74) is 1.57. The summed E-state index contributed by atoms with van der Waals surface area (Å²) in [7, 11) is 1.72. The molecule has 108 valence electrons. The molecule has 0 radical (unpaired) electrons. The van der Waals surface area contributed by atoms with Crippen molar-refractivity contribution >= 4 is 16.7 Å². The van der Waals surface area contributed by atoms with E-state index < -0.39 is 12.6 Å². The summed E-state index contributed by atoms with van der Waals surface area (Å²) in [5.74, 6) is 0.621. The average Bonchev–Trinajstić information content (AvgIpc) is 2.41. The lowest BCUT2D eigenvalue weighted by molar-refractivity contribution is -0.146. The monoisotopic (exact) mass is 284 g/mol. The van der Waals surface area contributed by atoms with Crippen LogP contribution in [-0.4, -0.2) is 24.8 Å². The number of rotatable bonds is 5. The summed E-state index contributed by atoms with van der Waals surface area (Å²) in [6.45, 7) is -0.246. The van der Waals surface area contributed by atoms with E-state index in [0.717, 1.165) is 16.5 Å². The van der Waals surface area contributed by atoms with Gasteiger partial charge in [0.15, 0.2) is 0 Å². The highest BCUT2D eigenvalue weighted by Crippen LogP contribution is 2.22.